The van der Waals surface area contributed by atoms with E-state index in [-0.39, 0.29) is 87.7 Å². The van der Waals surface area contributed by atoms with Crippen LogP contribution in [-0.2, 0) is 19.2 Å². The van der Waals surface area contributed by atoms with Crippen LogP contribution < -0.4 is 67.5 Å². The molecule has 0 aromatic rings. The van der Waals surface area contributed by atoms with Crippen molar-refractivity contribution in [2.75, 3.05) is 12.4 Å². The number of nitrogens with two attached hydrogens (primary N) is 1. The topological polar surface area (TPSA) is 173 Å². The normalized spacial score (nSPS) is 22.7. The van der Waals surface area contributed by atoms with Gasteiger partial charge in [0.2, 0.25) is 5.91 Å². The van der Waals surface area contributed by atoms with E-state index in [1.165, 1.54) is 11.8 Å². The number of carbonyl (C=O) groups is 4. The molecule has 0 aromatic heterocycles. The van der Waals surface area contributed by atoms with E-state index in [2.05, 4.69) is 5.32 Å². The average Bonchev–Trinajstić information content (AvgIpc) is 2.57. The third-order valence-electron chi connectivity index (χ3n) is 3.98. The van der Waals surface area contributed by atoms with Crippen LogP contribution in [0.4, 0.5) is 0 Å². The van der Waals surface area contributed by atoms with E-state index < -0.39 is 47.8 Å². The Labute approximate surface area is 196 Å². The van der Waals surface area contributed by atoms with Crippen molar-refractivity contribution in [2.24, 2.45) is 5.73 Å². The summed E-state index contributed by atoms with van der Waals surface area (Å²) in [6.07, 6.45) is 0.386. The summed E-state index contributed by atoms with van der Waals surface area (Å²) in [5.41, 5.74) is 5.20. The summed E-state index contributed by atoms with van der Waals surface area (Å²) in [6, 6.07) is -1.91. The Kier molecular flexibility index (Phi) is 9.22. The molecule has 2 aliphatic heterocycles. The maximum Gasteiger partial charge on any atom is 1.00 e. The average molecular weight is 411 g/mol. The molecule has 0 spiro atoms. The van der Waals surface area contributed by atoms with Crippen LogP contribution >= 0.6 is 11.8 Å². The molecule has 2 amide bonds. The van der Waals surface area contributed by atoms with Crippen molar-refractivity contribution in [3.63, 3.8) is 0 Å². The Morgan fingerprint density at radius 3 is 2.62 bits per heavy atom. The Morgan fingerprint density at radius 1 is 1.42 bits per heavy atom. The zero-order valence-electron chi connectivity index (χ0n) is 14.1. The van der Waals surface area contributed by atoms with E-state index in [0.29, 0.717) is 0 Å². The van der Waals surface area contributed by atoms with Crippen LogP contribution in [0.3, 0.4) is 0 Å². The number of carboxylic acid groups (broad SMARTS) is 2. The molecule has 2 heterocycles. The Balaban J connectivity index is 0.00000338. The molecule has 3 atom stereocenters. The van der Waals surface area contributed by atoms with Crippen molar-refractivity contribution in [1.82, 2.24) is 10.2 Å². The van der Waals surface area contributed by atoms with Gasteiger partial charge >= 0.3 is 57.4 Å². The number of hydrogen-bond donors (Lipinski definition) is 4. The maximum atomic E-state index is 12.2. The van der Waals surface area contributed by atoms with Gasteiger partial charge in [0, 0.05) is 12.2 Å². The first-order valence-corrected chi connectivity index (χ1v) is 8.59. The molecule has 5 N–H and O–H groups in total. The molecular formula is C14H18KN3O7S. The van der Waals surface area contributed by atoms with E-state index in [9.17, 15) is 29.4 Å². The molecule has 0 saturated carbocycles. The zero-order chi connectivity index (χ0) is 18.7. The number of β-lactam (4-membered cyclic amide) rings is 1. The third-order valence-corrected chi connectivity index (χ3v) is 5.32. The summed E-state index contributed by atoms with van der Waals surface area (Å²) < 4.78 is 0. The number of carbonyl (C=O) groups excluding carboxylic acids is 3. The predicted octanol–water partition coefficient (Wildman–Crippen LogP) is -6.03. The van der Waals surface area contributed by atoms with Crippen LogP contribution in [0.25, 0.3) is 0 Å². The van der Waals surface area contributed by atoms with Gasteiger partial charge in [0.05, 0.1) is 18.3 Å². The number of carboxylic acids is 2. The second-order valence-corrected chi connectivity index (χ2v) is 6.79. The summed E-state index contributed by atoms with van der Waals surface area (Å²) in [7, 11) is 0. The smallest absolute Gasteiger partial charge is 0.543 e. The minimum atomic E-state index is -1.55. The first-order chi connectivity index (χ1) is 11.8. The molecule has 138 valence electrons. The maximum absolute atomic E-state index is 12.2. The molecule has 0 aliphatic carbocycles. The predicted molar refractivity (Wildman–Crippen MR) is 83.6 cm³/mol. The van der Waals surface area contributed by atoms with E-state index in [1.807, 2.05) is 0 Å². The SMILES string of the molecule is N[C@H](CCCC(=O)N[C@@H]1C(=O)N2C(C(=O)[O-])=C(CO)CS[C@H]12)C(=O)O.[K+]. The number of hydrogen-bond acceptors (Lipinski definition) is 8. The van der Waals surface area contributed by atoms with Gasteiger partial charge < -0.3 is 31.2 Å². The Bertz CT molecular complexity index is 642. The molecule has 0 bridgehead atoms. The Morgan fingerprint density at radius 2 is 2.08 bits per heavy atom. The molecule has 0 aromatic carbocycles. The van der Waals surface area contributed by atoms with Crippen LogP contribution in [0.2, 0.25) is 0 Å². The van der Waals surface area contributed by atoms with Crippen LogP contribution in [0.1, 0.15) is 19.3 Å². The molecule has 0 unspecified atom stereocenters. The van der Waals surface area contributed by atoms with Crippen molar-refractivity contribution < 1.29 is 85.9 Å². The number of fused-ring (bicyclic) bond motifs is 1. The summed E-state index contributed by atoms with van der Waals surface area (Å²) in [4.78, 5) is 46.9. The zero-order valence-corrected chi connectivity index (χ0v) is 18.1. The van der Waals surface area contributed by atoms with Crippen LogP contribution in [0.15, 0.2) is 11.3 Å². The van der Waals surface area contributed by atoms with Crippen molar-refractivity contribution in [3.05, 3.63) is 11.3 Å². The number of thioether (sulfide) groups is 1. The number of nitrogens with zero attached hydrogens (tertiary/aromatic N) is 1. The molecule has 0 radical (unpaired) electrons. The summed E-state index contributed by atoms with van der Waals surface area (Å²) in [5.74, 6) is -3.50. The molecule has 1 saturated heterocycles. The van der Waals surface area contributed by atoms with E-state index in [0.717, 1.165) is 4.90 Å². The van der Waals surface area contributed by atoms with Gasteiger partial charge in [-0.3, -0.25) is 19.3 Å². The van der Waals surface area contributed by atoms with Crippen LogP contribution in [0, 0.1) is 0 Å². The minimum Gasteiger partial charge on any atom is -0.543 e. The fourth-order valence-electron chi connectivity index (χ4n) is 2.64. The van der Waals surface area contributed by atoms with Crippen LogP contribution in [0.5, 0.6) is 0 Å². The van der Waals surface area contributed by atoms with E-state index in [1.54, 1.807) is 0 Å². The Hall–Kier alpha value is -0.474. The van der Waals surface area contributed by atoms with Gasteiger partial charge in [-0.1, -0.05) is 0 Å². The van der Waals surface area contributed by atoms with Crippen molar-refractivity contribution in [3.8, 4) is 0 Å². The second-order valence-electron chi connectivity index (χ2n) is 5.69. The van der Waals surface area contributed by atoms with Gasteiger partial charge in [-0.2, -0.15) is 0 Å². The number of aliphatic hydroxyl groups excluding tert-OH is 1. The first-order valence-electron chi connectivity index (χ1n) is 7.54. The fourth-order valence-corrected chi connectivity index (χ4v) is 3.98. The molecule has 26 heavy (non-hydrogen) atoms. The second kappa shape index (κ2) is 10.2. The van der Waals surface area contributed by atoms with Gasteiger partial charge in [-0.15, -0.1) is 11.8 Å². The number of nitrogens with one attached hydrogen (secondary N) is 1. The monoisotopic (exact) mass is 411 g/mol. The van der Waals surface area contributed by atoms with Crippen LogP contribution in [-0.4, -0.2) is 68.7 Å². The summed E-state index contributed by atoms with van der Waals surface area (Å²) in [6.45, 7) is -0.492. The molecule has 2 rings (SSSR count). The van der Waals surface area contributed by atoms with Gasteiger partial charge in [0.1, 0.15) is 17.5 Å². The minimum absolute atomic E-state index is 0. The van der Waals surface area contributed by atoms with Gasteiger partial charge in [-0.05, 0) is 18.4 Å². The number of aliphatic hydroxyl groups is 1. The fraction of sp³-hybridized carbons (Fsp3) is 0.571. The molecule has 2 aliphatic rings. The number of amides is 2. The van der Waals surface area contributed by atoms with Crippen molar-refractivity contribution in [1.29, 1.82) is 0 Å². The van der Waals surface area contributed by atoms with E-state index >= 15 is 0 Å². The number of rotatable bonds is 8. The molecule has 12 heteroatoms. The first kappa shape index (κ1) is 23.6. The quantitative estimate of drug-likeness (QED) is 0.224. The van der Waals surface area contributed by atoms with Crippen molar-refractivity contribution in [2.45, 2.75) is 36.7 Å². The number of aliphatic carboxylic acids is 2. The van der Waals surface area contributed by atoms with Gasteiger partial charge in [0.15, 0.2) is 0 Å². The molecular weight excluding hydrogens is 393 g/mol. The van der Waals surface area contributed by atoms with Gasteiger partial charge in [-0.25, -0.2) is 0 Å². The molecule has 10 nitrogen and oxygen atoms in total. The largest absolute Gasteiger partial charge is 1.00 e. The standard InChI is InChI=1S/C14H19N3O7S.K/c15-7(13(21)22)2-1-3-8(19)16-9-11(20)17-10(14(23)24)6(4-18)5-25-12(9)17;/h7,9,12,18H,1-5,15H2,(H,16,19)(H,21,22)(H,23,24);/q;+1/p-1/t7-,9-,12-;/m1./s1. The van der Waals surface area contributed by atoms with E-state index in [4.69, 9.17) is 10.8 Å². The van der Waals surface area contributed by atoms with Crippen molar-refractivity contribution >= 4 is 35.5 Å². The molecule has 1 fully saturated rings. The third kappa shape index (κ3) is 5.07. The van der Waals surface area contributed by atoms with Gasteiger partial charge in [0.25, 0.3) is 5.91 Å². The summed E-state index contributed by atoms with van der Waals surface area (Å²) >= 11 is 1.24. The summed E-state index contributed by atoms with van der Waals surface area (Å²) in [5, 5.41) is 31.0.